The molecule has 1 N–H and O–H groups in total. The number of hydrogen-bond acceptors (Lipinski definition) is 5. The molecular formula is C14H23F2NO5S. The van der Waals surface area contributed by atoms with Crippen molar-refractivity contribution in [1.82, 2.24) is 4.90 Å². The van der Waals surface area contributed by atoms with Crippen molar-refractivity contribution in [3.8, 4) is 0 Å². The molecule has 6 nitrogen and oxygen atoms in total. The maximum atomic E-state index is 13.2. The Morgan fingerprint density at radius 2 is 1.74 bits per heavy atom. The summed E-state index contributed by atoms with van der Waals surface area (Å²) in [6.07, 6.45) is 6.42. The van der Waals surface area contributed by atoms with Gasteiger partial charge in [0.1, 0.15) is 0 Å². The van der Waals surface area contributed by atoms with E-state index < -0.39 is 33.9 Å². The molecule has 0 bridgehead atoms. The SMILES string of the molecule is O=C(OCC(F)(F)S(=O)(=O)O)C1CCCCC1N1CCCCC1. The Morgan fingerprint density at radius 3 is 2.35 bits per heavy atom. The first kappa shape index (κ1) is 18.5. The zero-order valence-electron chi connectivity index (χ0n) is 12.9. The number of carbonyl (C=O) groups is 1. The van der Waals surface area contributed by atoms with Gasteiger partial charge in [-0.05, 0) is 38.8 Å². The van der Waals surface area contributed by atoms with E-state index in [1.165, 1.54) is 0 Å². The topological polar surface area (TPSA) is 83.9 Å². The number of rotatable bonds is 5. The molecule has 134 valence electrons. The molecule has 1 aliphatic carbocycles. The lowest BCUT2D eigenvalue weighted by Gasteiger charge is -2.40. The fourth-order valence-corrected chi connectivity index (χ4v) is 3.62. The summed E-state index contributed by atoms with van der Waals surface area (Å²) >= 11 is 0. The maximum Gasteiger partial charge on any atom is 0.402 e. The van der Waals surface area contributed by atoms with E-state index in [1.807, 2.05) is 0 Å². The van der Waals surface area contributed by atoms with Crippen molar-refractivity contribution < 1.29 is 31.3 Å². The highest BCUT2D eigenvalue weighted by Crippen LogP contribution is 2.32. The van der Waals surface area contributed by atoms with Crippen molar-refractivity contribution in [2.75, 3.05) is 19.7 Å². The fourth-order valence-electron chi connectivity index (χ4n) is 3.41. The molecule has 2 unspecified atom stereocenters. The first-order valence-corrected chi connectivity index (χ1v) is 9.42. The molecule has 23 heavy (non-hydrogen) atoms. The summed E-state index contributed by atoms with van der Waals surface area (Å²) in [5.74, 6) is -1.32. The van der Waals surface area contributed by atoms with E-state index in [4.69, 9.17) is 4.55 Å². The van der Waals surface area contributed by atoms with Crippen molar-refractivity contribution in [3.63, 3.8) is 0 Å². The van der Waals surface area contributed by atoms with Crippen molar-refractivity contribution in [2.24, 2.45) is 5.92 Å². The third kappa shape index (κ3) is 4.60. The quantitative estimate of drug-likeness (QED) is 0.600. The molecular weight excluding hydrogens is 332 g/mol. The zero-order chi connectivity index (χ0) is 17.1. The van der Waals surface area contributed by atoms with Gasteiger partial charge in [0.25, 0.3) is 0 Å². The van der Waals surface area contributed by atoms with Gasteiger partial charge in [0.2, 0.25) is 0 Å². The molecule has 2 atom stereocenters. The third-order valence-electron chi connectivity index (χ3n) is 4.65. The Balaban J connectivity index is 1.98. The molecule has 2 rings (SSSR count). The van der Waals surface area contributed by atoms with E-state index >= 15 is 0 Å². The minimum Gasteiger partial charge on any atom is -0.458 e. The minimum absolute atomic E-state index is 0.0316. The van der Waals surface area contributed by atoms with E-state index in [0.717, 1.165) is 51.6 Å². The van der Waals surface area contributed by atoms with Crippen LogP contribution in [0.2, 0.25) is 0 Å². The average molecular weight is 355 g/mol. The summed E-state index contributed by atoms with van der Waals surface area (Å²) in [5.41, 5.74) is 0. The lowest BCUT2D eigenvalue weighted by molar-refractivity contribution is -0.158. The molecule has 0 aromatic carbocycles. The maximum absolute atomic E-state index is 13.2. The highest BCUT2D eigenvalue weighted by atomic mass is 32.2. The predicted octanol–water partition coefficient (Wildman–Crippen LogP) is 2.05. The van der Waals surface area contributed by atoms with E-state index in [1.54, 1.807) is 0 Å². The van der Waals surface area contributed by atoms with E-state index in [-0.39, 0.29) is 6.04 Å². The average Bonchev–Trinajstić information content (AvgIpc) is 2.52. The molecule has 1 heterocycles. The van der Waals surface area contributed by atoms with Gasteiger partial charge < -0.3 is 4.74 Å². The van der Waals surface area contributed by atoms with Gasteiger partial charge >= 0.3 is 21.3 Å². The molecule has 0 radical (unpaired) electrons. The van der Waals surface area contributed by atoms with Crippen LogP contribution in [0.15, 0.2) is 0 Å². The van der Waals surface area contributed by atoms with Crippen molar-refractivity contribution in [2.45, 2.75) is 56.2 Å². The zero-order valence-corrected chi connectivity index (χ0v) is 13.7. The first-order valence-electron chi connectivity index (χ1n) is 7.98. The molecule has 1 saturated carbocycles. The first-order chi connectivity index (χ1) is 10.7. The fraction of sp³-hybridized carbons (Fsp3) is 0.929. The van der Waals surface area contributed by atoms with Crippen LogP contribution in [0.5, 0.6) is 0 Å². The second-order valence-corrected chi connectivity index (χ2v) is 7.82. The summed E-state index contributed by atoms with van der Waals surface area (Å²) < 4.78 is 60.5. The van der Waals surface area contributed by atoms with Crippen LogP contribution in [-0.4, -0.2) is 54.8 Å². The molecule has 0 amide bonds. The van der Waals surface area contributed by atoms with Gasteiger partial charge in [-0.1, -0.05) is 19.3 Å². The lowest BCUT2D eigenvalue weighted by Crippen LogP contribution is -2.48. The number of piperidine rings is 1. The second kappa shape index (κ2) is 7.40. The van der Waals surface area contributed by atoms with Crippen LogP contribution in [0.4, 0.5) is 8.78 Å². The van der Waals surface area contributed by atoms with Gasteiger partial charge in [0, 0.05) is 6.04 Å². The summed E-state index contributed by atoms with van der Waals surface area (Å²) in [6, 6.07) is -0.0316. The highest BCUT2D eigenvalue weighted by molar-refractivity contribution is 7.86. The number of carbonyl (C=O) groups excluding carboxylic acids is 1. The Hall–Kier alpha value is -0.800. The molecule has 0 spiro atoms. The van der Waals surface area contributed by atoms with Gasteiger partial charge in [-0.25, -0.2) is 0 Å². The van der Waals surface area contributed by atoms with Crippen LogP contribution in [-0.2, 0) is 19.6 Å². The van der Waals surface area contributed by atoms with Crippen molar-refractivity contribution >= 4 is 16.1 Å². The summed E-state index contributed by atoms with van der Waals surface area (Å²) in [4.78, 5) is 14.4. The highest BCUT2D eigenvalue weighted by Gasteiger charge is 2.46. The van der Waals surface area contributed by atoms with Gasteiger partial charge in [-0.15, -0.1) is 0 Å². The van der Waals surface area contributed by atoms with Crippen LogP contribution >= 0.6 is 0 Å². The van der Waals surface area contributed by atoms with Crippen molar-refractivity contribution in [3.05, 3.63) is 0 Å². The van der Waals surface area contributed by atoms with E-state index in [2.05, 4.69) is 9.64 Å². The lowest BCUT2D eigenvalue weighted by atomic mass is 9.83. The summed E-state index contributed by atoms with van der Waals surface area (Å²) in [5, 5.41) is -4.47. The third-order valence-corrected chi connectivity index (χ3v) is 5.52. The largest absolute Gasteiger partial charge is 0.458 e. The molecule has 0 aromatic heterocycles. The van der Waals surface area contributed by atoms with Crippen molar-refractivity contribution in [1.29, 1.82) is 0 Å². The Kier molecular flexibility index (Phi) is 5.96. The summed E-state index contributed by atoms with van der Waals surface area (Å²) in [6.45, 7) is 0.124. The Labute approximate surface area is 134 Å². The van der Waals surface area contributed by atoms with Crippen LogP contribution in [0.25, 0.3) is 0 Å². The van der Waals surface area contributed by atoms with Gasteiger partial charge in [0.15, 0.2) is 6.61 Å². The number of alkyl halides is 2. The van der Waals surface area contributed by atoms with Crippen LogP contribution in [0, 0.1) is 5.92 Å². The minimum atomic E-state index is -5.58. The van der Waals surface area contributed by atoms with Crippen LogP contribution < -0.4 is 0 Å². The number of hydrogen-bond donors (Lipinski definition) is 1. The summed E-state index contributed by atoms with van der Waals surface area (Å²) in [7, 11) is -5.58. The van der Waals surface area contributed by atoms with E-state index in [9.17, 15) is 22.0 Å². The molecule has 2 aliphatic rings. The second-order valence-electron chi connectivity index (χ2n) is 6.28. The van der Waals surface area contributed by atoms with Gasteiger partial charge in [0.05, 0.1) is 5.92 Å². The number of esters is 1. The normalized spacial score (nSPS) is 27.6. The smallest absolute Gasteiger partial charge is 0.402 e. The van der Waals surface area contributed by atoms with Gasteiger partial charge in [-0.3, -0.25) is 14.2 Å². The standard InChI is InChI=1S/C14H23F2NO5S/c15-14(16,23(19,20)21)10-22-13(18)11-6-2-3-7-12(11)17-8-4-1-5-9-17/h11-12H,1-10H2,(H,19,20,21). The van der Waals surface area contributed by atoms with Crippen LogP contribution in [0.3, 0.4) is 0 Å². The molecule has 9 heteroatoms. The van der Waals surface area contributed by atoms with Crippen LogP contribution in [0.1, 0.15) is 44.9 Å². The number of likely N-dealkylation sites (tertiary alicyclic amines) is 1. The molecule has 0 aromatic rings. The Morgan fingerprint density at radius 1 is 1.13 bits per heavy atom. The number of halogens is 2. The monoisotopic (exact) mass is 355 g/mol. The number of nitrogens with zero attached hydrogens (tertiary/aromatic N) is 1. The van der Waals surface area contributed by atoms with E-state index in [0.29, 0.717) is 6.42 Å². The predicted molar refractivity (Wildman–Crippen MR) is 78.6 cm³/mol. The number of ether oxygens (including phenoxy) is 1. The molecule has 1 saturated heterocycles. The molecule has 2 fully saturated rings. The molecule has 1 aliphatic heterocycles. The Bertz CT molecular complexity index is 519. The van der Waals surface area contributed by atoms with Gasteiger partial charge in [-0.2, -0.15) is 17.2 Å².